The Kier molecular flexibility index (Phi) is 1.69. The van der Waals surface area contributed by atoms with Gasteiger partial charge < -0.3 is 5.32 Å². The molecule has 0 aromatic carbocycles. The number of hydrogen-bond donors (Lipinski definition) is 2. The first-order valence-corrected chi connectivity index (χ1v) is 3.73. The molecule has 1 aromatic heterocycles. The Labute approximate surface area is 64.7 Å². The van der Waals surface area contributed by atoms with E-state index in [1.807, 2.05) is 0 Å². The molecule has 4 heteroatoms. The van der Waals surface area contributed by atoms with Crippen molar-refractivity contribution in [3.05, 3.63) is 18.0 Å². The fraction of sp³-hybridized carbons (Fsp3) is 0.429. The van der Waals surface area contributed by atoms with Crippen LogP contribution in [0.25, 0.3) is 5.57 Å². The zero-order valence-corrected chi connectivity index (χ0v) is 6.17. The molecule has 0 amide bonds. The monoisotopic (exact) mass is 150 g/mol. The minimum atomic E-state index is 0.947. The predicted molar refractivity (Wildman–Crippen MR) is 41.8 cm³/mol. The van der Waals surface area contributed by atoms with Gasteiger partial charge in [-0.1, -0.05) is 6.08 Å². The molecule has 2 heterocycles. The summed E-state index contributed by atoms with van der Waals surface area (Å²) in [4.78, 5) is 0. The molecular weight excluding hydrogens is 140 g/mol. The summed E-state index contributed by atoms with van der Waals surface area (Å²) in [6.07, 6.45) is 4.96. The van der Waals surface area contributed by atoms with Gasteiger partial charge in [0, 0.05) is 6.54 Å². The van der Waals surface area contributed by atoms with Crippen molar-refractivity contribution >= 4 is 5.57 Å². The molecule has 1 aliphatic heterocycles. The summed E-state index contributed by atoms with van der Waals surface area (Å²) in [5, 5.41) is 13.6. The summed E-state index contributed by atoms with van der Waals surface area (Å²) in [7, 11) is 0. The van der Waals surface area contributed by atoms with Crippen LogP contribution in [0.2, 0.25) is 0 Å². The Balaban J connectivity index is 2.22. The highest BCUT2D eigenvalue weighted by molar-refractivity contribution is 5.62. The van der Waals surface area contributed by atoms with Crippen molar-refractivity contribution in [1.29, 1.82) is 0 Å². The van der Waals surface area contributed by atoms with E-state index in [1.165, 1.54) is 5.57 Å². The average Bonchev–Trinajstić information content (AvgIpc) is 2.58. The highest BCUT2D eigenvalue weighted by Gasteiger charge is 2.06. The first-order chi connectivity index (χ1) is 5.47. The molecule has 0 unspecified atom stereocenters. The molecule has 0 radical (unpaired) electrons. The Bertz CT molecular complexity index is 249. The normalized spacial score (nSPS) is 18.0. The molecule has 0 atom stereocenters. The minimum absolute atomic E-state index is 0.947. The molecule has 0 bridgehead atoms. The van der Waals surface area contributed by atoms with Gasteiger partial charge in [-0.05, 0) is 18.5 Å². The predicted octanol–water partition coefficient (Wildman–Crippen LogP) is 0.181. The quantitative estimate of drug-likeness (QED) is 0.600. The molecule has 4 nitrogen and oxygen atoms in total. The maximum Gasteiger partial charge on any atom is 0.108 e. The molecule has 1 aliphatic rings. The van der Waals surface area contributed by atoms with E-state index in [9.17, 15) is 0 Å². The van der Waals surface area contributed by atoms with Crippen LogP contribution in [0.5, 0.6) is 0 Å². The number of nitrogens with zero attached hydrogens (tertiary/aromatic N) is 2. The molecule has 0 fully saturated rings. The number of nitrogens with one attached hydrogen (secondary N) is 2. The molecular formula is C7H10N4. The molecule has 0 aliphatic carbocycles. The second-order valence-electron chi connectivity index (χ2n) is 2.54. The van der Waals surface area contributed by atoms with E-state index in [2.05, 4.69) is 26.8 Å². The van der Waals surface area contributed by atoms with E-state index in [0.29, 0.717) is 0 Å². The van der Waals surface area contributed by atoms with Crippen LogP contribution in [-0.2, 0) is 0 Å². The van der Waals surface area contributed by atoms with Crippen LogP contribution in [0.15, 0.2) is 12.3 Å². The third kappa shape index (κ3) is 1.30. The third-order valence-electron chi connectivity index (χ3n) is 1.81. The summed E-state index contributed by atoms with van der Waals surface area (Å²) in [6.45, 7) is 1.99. The molecule has 2 N–H and O–H groups in total. The molecule has 11 heavy (non-hydrogen) atoms. The van der Waals surface area contributed by atoms with Crippen LogP contribution in [-0.4, -0.2) is 28.5 Å². The molecule has 2 rings (SSSR count). The summed E-state index contributed by atoms with van der Waals surface area (Å²) in [5.74, 6) is 0. The first-order valence-electron chi connectivity index (χ1n) is 3.73. The summed E-state index contributed by atoms with van der Waals surface area (Å²) in [5.41, 5.74) is 2.27. The lowest BCUT2D eigenvalue weighted by molar-refractivity contribution is 0.736. The molecule has 0 saturated heterocycles. The molecule has 1 aromatic rings. The largest absolute Gasteiger partial charge is 0.313 e. The van der Waals surface area contributed by atoms with Crippen molar-refractivity contribution in [3.8, 4) is 0 Å². The van der Waals surface area contributed by atoms with Crippen LogP contribution >= 0.6 is 0 Å². The molecule has 0 saturated carbocycles. The van der Waals surface area contributed by atoms with Gasteiger partial charge in [-0.2, -0.15) is 15.4 Å². The number of rotatable bonds is 1. The third-order valence-corrected chi connectivity index (χ3v) is 1.81. The van der Waals surface area contributed by atoms with Crippen LogP contribution in [0, 0.1) is 0 Å². The summed E-state index contributed by atoms with van der Waals surface area (Å²) < 4.78 is 0. The number of aromatic amines is 1. The van der Waals surface area contributed by atoms with Crippen molar-refractivity contribution < 1.29 is 0 Å². The lowest BCUT2D eigenvalue weighted by atomic mass is 10.1. The standard InChI is InChI=1S/C7H10N4/c1-3-8-4-2-6(1)7-5-9-11-10-7/h1,5,8H,2-4H2,(H,9,10,11). The Hall–Kier alpha value is -1.16. The maximum absolute atomic E-state index is 4.01. The van der Waals surface area contributed by atoms with E-state index < -0.39 is 0 Å². The molecule has 0 spiro atoms. The topological polar surface area (TPSA) is 53.6 Å². The van der Waals surface area contributed by atoms with Gasteiger partial charge >= 0.3 is 0 Å². The highest BCUT2D eigenvalue weighted by atomic mass is 15.3. The second kappa shape index (κ2) is 2.84. The second-order valence-corrected chi connectivity index (χ2v) is 2.54. The van der Waals surface area contributed by atoms with E-state index >= 15 is 0 Å². The Morgan fingerprint density at radius 1 is 1.45 bits per heavy atom. The van der Waals surface area contributed by atoms with E-state index in [1.54, 1.807) is 6.20 Å². The average molecular weight is 150 g/mol. The minimum Gasteiger partial charge on any atom is -0.313 e. The zero-order valence-electron chi connectivity index (χ0n) is 6.17. The van der Waals surface area contributed by atoms with Gasteiger partial charge in [-0.15, -0.1) is 0 Å². The van der Waals surface area contributed by atoms with Gasteiger partial charge in [0.1, 0.15) is 5.69 Å². The van der Waals surface area contributed by atoms with Gasteiger partial charge in [-0.25, -0.2) is 0 Å². The van der Waals surface area contributed by atoms with Crippen molar-refractivity contribution in [3.63, 3.8) is 0 Å². The van der Waals surface area contributed by atoms with Gasteiger partial charge in [0.2, 0.25) is 0 Å². The van der Waals surface area contributed by atoms with Crippen molar-refractivity contribution in [1.82, 2.24) is 20.7 Å². The Morgan fingerprint density at radius 3 is 3.09 bits per heavy atom. The Morgan fingerprint density at radius 2 is 2.45 bits per heavy atom. The van der Waals surface area contributed by atoms with Crippen LogP contribution in [0.4, 0.5) is 0 Å². The number of aromatic nitrogens is 3. The van der Waals surface area contributed by atoms with Gasteiger partial charge in [0.25, 0.3) is 0 Å². The number of H-pyrrole nitrogens is 1. The van der Waals surface area contributed by atoms with Gasteiger partial charge in [0.15, 0.2) is 0 Å². The summed E-state index contributed by atoms with van der Waals surface area (Å²) >= 11 is 0. The summed E-state index contributed by atoms with van der Waals surface area (Å²) in [6, 6.07) is 0. The SMILES string of the molecule is C1=C(c2cn[nH]n2)CCNC1. The van der Waals surface area contributed by atoms with Crippen molar-refractivity contribution in [2.45, 2.75) is 6.42 Å². The maximum atomic E-state index is 4.01. The van der Waals surface area contributed by atoms with Crippen LogP contribution < -0.4 is 5.32 Å². The highest BCUT2D eigenvalue weighted by Crippen LogP contribution is 2.15. The lowest BCUT2D eigenvalue weighted by Gasteiger charge is -2.10. The van der Waals surface area contributed by atoms with E-state index in [0.717, 1.165) is 25.2 Å². The fourth-order valence-electron chi connectivity index (χ4n) is 1.21. The zero-order chi connectivity index (χ0) is 7.52. The lowest BCUT2D eigenvalue weighted by Crippen LogP contribution is -2.20. The van der Waals surface area contributed by atoms with E-state index in [-0.39, 0.29) is 0 Å². The fourth-order valence-corrected chi connectivity index (χ4v) is 1.21. The van der Waals surface area contributed by atoms with Crippen molar-refractivity contribution in [2.75, 3.05) is 13.1 Å². The molecule has 58 valence electrons. The van der Waals surface area contributed by atoms with Crippen molar-refractivity contribution in [2.24, 2.45) is 0 Å². The first kappa shape index (κ1) is 6.54. The smallest absolute Gasteiger partial charge is 0.108 e. The number of hydrogen-bond acceptors (Lipinski definition) is 3. The van der Waals surface area contributed by atoms with Gasteiger partial charge in [-0.3, -0.25) is 0 Å². The van der Waals surface area contributed by atoms with E-state index in [4.69, 9.17) is 0 Å². The van der Waals surface area contributed by atoms with Gasteiger partial charge in [0.05, 0.1) is 6.20 Å². The van der Waals surface area contributed by atoms with Crippen LogP contribution in [0.3, 0.4) is 0 Å². The van der Waals surface area contributed by atoms with Crippen LogP contribution in [0.1, 0.15) is 12.1 Å².